The van der Waals surface area contributed by atoms with Crippen molar-refractivity contribution in [3.8, 4) is 67.9 Å². The van der Waals surface area contributed by atoms with Gasteiger partial charge in [0, 0.05) is 22.6 Å². The summed E-state index contributed by atoms with van der Waals surface area (Å²) in [5, 5.41) is 20.6. The highest BCUT2D eigenvalue weighted by Gasteiger charge is 2.23. The second kappa shape index (κ2) is 14.5. The van der Waals surface area contributed by atoms with E-state index in [2.05, 4.69) is 24.3 Å². The summed E-state index contributed by atoms with van der Waals surface area (Å²) in [6.45, 7) is 5.08. The lowest BCUT2D eigenvalue weighted by Gasteiger charge is -2.22. The molecule has 0 radical (unpaired) electrons. The topological polar surface area (TPSA) is 115 Å². The summed E-state index contributed by atoms with van der Waals surface area (Å²) in [7, 11) is 0. The van der Waals surface area contributed by atoms with Crippen LogP contribution in [0.1, 0.15) is 20.8 Å². The van der Waals surface area contributed by atoms with Gasteiger partial charge in [-0.1, -0.05) is 123 Å². The molecule has 0 aliphatic carbocycles. The average Bonchev–Trinajstić information content (AvgIpc) is 3.14. The second-order valence-electron chi connectivity index (χ2n) is 12.6. The molecule has 0 bridgehead atoms. The molecule has 6 rings (SSSR count). The number of phenols is 1. The number of aromatic hydroxyl groups is 1. The van der Waals surface area contributed by atoms with E-state index in [1.165, 1.54) is 6.07 Å². The SMILES string of the molecule is CC(Oc1ccc(-c2nc(-c3ccc(-c4ccccc4)cc3)nc(-c3ccc(-c4ccccc4)cc3)n2)c(O)c1)C(=O)OCC(C)(C)CO. The molecule has 8 nitrogen and oxygen atoms in total. The summed E-state index contributed by atoms with van der Waals surface area (Å²) in [5.74, 6) is 0.758. The molecule has 246 valence electrons. The van der Waals surface area contributed by atoms with Crippen LogP contribution in [0.25, 0.3) is 56.4 Å². The van der Waals surface area contributed by atoms with Gasteiger partial charge in [0.05, 0.1) is 18.8 Å². The van der Waals surface area contributed by atoms with Crippen LogP contribution in [0.2, 0.25) is 0 Å². The molecular weight excluding hydrogens is 614 g/mol. The van der Waals surface area contributed by atoms with E-state index >= 15 is 0 Å². The van der Waals surface area contributed by atoms with Gasteiger partial charge in [0.2, 0.25) is 0 Å². The number of carbonyl (C=O) groups is 1. The van der Waals surface area contributed by atoms with E-state index in [0.29, 0.717) is 17.2 Å². The first-order valence-electron chi connectivity index (χ1n) is 16.0. The standard InChI is InChI=1S/C41H37N3O5/c1-27(40(47)48-26-41(2,3)25-45)49-34-22-23-35(36(46)24-34)39-43-37(32-18-14-30(15-19-32)28-10-6-4-7-11-28)42-38(44-39)33-20-16-31(17-21-33)29-12-8-5-9-13-29/h4-24,27,45-46H,25-26H2,1-3H3. The minimum Gasteiger partial charge on any atom is -0.507 e. The van der Waals surface area contributed by atoms with Crippen LogP contribution in [0.5, 0.6) is 11.5 Å². The maximum atomic E-state index is 12.5. The molecule has 1 heterocycles. The lowest BCUT2D eigenvalue weighted by Crippen LogP contribution is -2.31. The zero-order valence-corrected chi connectivity index (χ0v) is 27.6. The van der Waals surface area contributed by atoms with Gasteiger partial charge < -0.3 is 19.7 Å². The van der Waals surface area contributed by atoms with Crippen LogP contribution in [-0.4, -0.2) is 50.5 Å². The molecule has 49 heavy (non-hydrogen) atoms. The fourth-order valence-corrected chi connectivity index (χ4v) is 5.09. The number of rotatable bonds is 11. The fraction of sp³-hybridized carbons (Fsp3) is 0.171. The molecule has 0 saturated carbocycles. The summed E-state index contributed by atoms with van der Waals surface area (Å²) in [6, 6.07) is 41.0. The number of aliphatic hydroxyl groups is 1. The minimum atomic E-state index is -0.937. The maximum Gasteiger partial charge on any atom is 0.347 e. The average molecular weight is 652 g/mol. The van der Waals surface area contributed by atoms with E-state index < -0.39 is 17.5 Å². The van der Waals surface area contributed by atoms with Crippen molar-refractivity contribution >= 4 is 5.97 Å². The third kappa shape index (κ3) is 8.00. The Hall–Kier alpha value is -5.86. The Morgan fingerprint density at radius 2 is 1.10 bits per heavy atom. The number of carbonyl (C=O) groups excluding carboxylic acids is 1. The second-order valence-corrected chi connectivity index (χ2v) is 12.6. The Balaban J connectivity index is 1.32. The number of ether oxygens (including phenoxy) is 2. The number of phenolic OH excluding ortho intramolecular Hbond substituents is 1. The first-order valence-corrected chi connectivity index (χ1v) is 16.0. The number of esters is 1. The number of benzene rings is 5. The lowest BCUT2D eigenvalue weighted by atomic mass is 9.97. The summed E-state index contributed by atoms with van der Waals surface area (Å²) in [5.41, 5.74) is 5.74. The van der Waals surface area contributed by atoms with Gasteiger partial charge in [0.25, 0.3) is 0 Å². The third-order valence-corrected chi connectivity index (χ3v) is 8.02. The quantitative estimate of drug-likeness (QED) is 0.135. The summed E-state index contributed by atoms with van der Waals surface area (Å²) < 4.78 is 11.1. The van der Waals surface area contributed by atoms with Gasteiger partial charge in [-0.3, -0.25) is 0 Å². The Kier molecular flexibility index (Phi) is 9.78. The van der Waals surface area contributed by atoms with Crippen molar-refractivity contribution in [2.24, 2.45) is 5.41 Å². The third-order valence-electron chi connectivity index (χ3n) is 8.02. The molecule has 0 fully saturated rings. The molecule has 0 aliphatic rings. The van der Waals surface area contributed by atoms with Crippen LogP contribution in [0.4, 0.5) is 0 Å². The largest absolute Gasteiger partial charge is 0.507 e. The Labute approximate surface area is 285 Å². The van der Waals surface area contributed by atoms with Crippen molar-refractivity contribution < 1.29 is 24.5 Å². The van der Waals surface area contributed by atoms with Crippen molar-refractivity contribution in [1.82, 2.24) is 15.0 Å². The molecule has 0 aliphatic heterocycles. The predicted octanol–water partition coefficient (Wildman–Crippen LogP) is 8.24. The van der Waals surface area contributed by atoms with E-state index in [4.69, 9.17) is 24.4 Å². The minimum absolute atomic E-state index is 0.0498. The van der Waals surface area contributed by atoms with E-state index in [0.717, 1.165) is 33.4 Å². The van der Waals surface area contributed by atoms with Gasteiger partial charge >= 0.3 is 5.97 Å². The normalized spacial score (nSPS) is 11.9. The van der Waals surface area contributed by atoms with E-state index in [9.17, 15) is 15.0 Å². The number of aliphatic hydroxyl groups excluding tert-OH is 1. The molecule has 0 amide bonds. The highest BCUT2D eigenvalue weighted by molar-refractivity contribution is 5.76. The first-order chi connectivity index (χ1) is 23.7. The van der Waals surface area contributed by atoms with Crippen LogP contribution in [0, 0.1) is 5.41 Å². The van der Waals surface area contributed by atoms with Gasteiger partial charge in [-0.2, -0.15) is 0 Å². The Morgan fingerprint density at radius 3 is 1.57 bits per heavy atom. The zero-order chi connectivity index (χ0) is 34.4. The number of nitrogens with zero attached hydrogens (tertiary/aromatic N) is 3. The predicted molar refractivity (Wildman–Crippen MR) is 191 cm³/mol. The van der Waals surface area contributed by atoms with Crippen LogP contribution in [0.3, 0.4) is 0 Å². The van der Waals surface area contributed by atoms with Gasteiger partial charge in [0.15, 0.2) is 23.6 Å². The number of hydrogen-bond donors (Lipinski definition) is 2. The monoisotopic (exact) mass is 651 g/mol. The van der Waals surface area contributed by atoms with Crippen molar-refractivity contribution in [2.75, 3.05) is 13.2 Å². The molecule has 0 spiro atoms. The smallest absolute Gasteiger partial charge is 0.347 e. The Bertz CT molecular complexity index is 1930. The fourth-order valence-electron chi connectivity index (χ4n) is 5.09. The molecule has 6 aromatic rings. The Morgan fingerprint density at radius 1 is 0.653 bits per heavy atom. The van der Waals surface area contributed by atoms with Crippen molar-refractivity contribution in [3.05, 3.63) is 127 Å². The lowest BCUT2D eigenvalue weighted by molar-refractivity contribution is -0.154. The highest BCUT2D eigenvalue weighted by atomic mass is 16.6. The van der Waals surface area contributed by atoms with Gasteiger partial charge in [0.1, 0.15) is 11.5 Å². The summed E-state index contributed by atoms with van der Waals surface area (Å²) >= 11 is 0. The van der Waals surface area contributed by atoms with Crippen molar-refractivity contribution in [1.29, 1.82) is 0 Å². The van der Waals surface area contributed by atoms with E-state index in [1.807, 2.05) is 84.9 Å². The van der Waals surface area contributed by atoms with Gasteiger partial charge in [-0.25, -0.2) is 19.7 Å². The summed E-state index contributed by atoms with van der Waals surface area (Å²) in [4.78, 5) is 26.9. The molecule has 1 aromatic heterocycles. The maximum absolute atomic E-state index is 12.5. The molecule has 5 aromatic carbocycles. The van der Waals surface area contributed by atoms with Crippen LogP contribution < -0.4 is 4.74 Å². The number of hydrogen-bond acceptors (Lipinski definition) is 8. The van der Waals surface area contributed by atoms with E-state index in [1.54, 1.807) is 32.9 Å². The summed E-state index contributed by atoms with van der Waals surface area (Å²) in [6.07, 6.45) is -0.937. The molecule has 1 unspecified atom stereocenters. The van der Waals surface area contributed by atoms with Crippen molar-refractivity contribution in [3.63, 3.8) is 0 Å². The molecule has 8 heteroatoms. The molecule has 2 N–H and O–H groups in total. The van der Waals surface area contributed by atoms with E-state index in [-0.39, 0.29) is 30.5 Å². The number of aromatic nitrogens is 3. The van der Waals surface area contributed by atoms with Crippen LogP contribution >= 0.6 is 0 Å². The molecule has 1 atom stereocenters. The van der Waals surface area contributed by atoms with Crippen molar-refractivity contribution in [2.45, 2.75) is 26.9 Å². The van der Waals surface area contributed by atoms with Crippen LogP contribution in [-0.2, 0) is 9.53 Å². The first kappa shape index (κ1) is 33.1. The van der Waals surface area contributed by atoms with Gasteiger partial charge in [-0.15, -0.1) is 0 Å². The van der Waals surface area contributed by atoms with Crippen LogP contribution in [0.15, 0.2) is 127 Å². The highest BCUT2D eigenvalue weighted by Crippen LogP contribution is 2.34. The van der Waals surface area contributed by atoms with Gasteiger partial charge in [-0.05, 0) is 41.3 Å². The molecule has 0 saturated heterocycles. The zero-order valence-electron chi connectivity index (χ0n) is 27.6. The molecular formula is C41H37N3O5.